The molecular weight excluding hydrogens is 404 g/mol. The number of benzene rings is 1. The van der Waals surface area contributed by atoms with Gasteiger partial charge in [0.2, 0.25) is 0 Å². The second kappa shape index (κ2) is 9.49. The number of amides is 1. The van der Waals surface area contributed by atoms with Crippen LogP contribution >= 0.6 is 11.3 Å². The maximum absolute atomic E-state index is 13.2. The van der Waals surface area contributed by atoms with E-state index in [0.29, 0.717) is 28.1 Å². The maximum Gasteiger partial charge on any atom is 0.341 e. The van der Waals surface area contributed by atoms with Crippen LogP contribution < -0.4 is 14.8 Å². The third-order valence-corrected chi connectivity index (χ3v) is 6.31. The molecule has 1 N–H and O–H groups in total. The lowest BCUT2D eigenvalue weighted by Crippen LogP contribution is -2.35. The Balaban J connectivity index is 2.00. The van der Waals surface area contributed by atoms with Gasteiger partial charge in [0.05, 0.1) is 26.4 Å². The van der Waals surface area contributed by atoms with Crippen molar-refractivity contribution in [3.05, 3.63) is 39.8 Å². The van der Waals surface area contributed by atoms with E-state index < -0.39 is 11.9 Å². The van der Waals surface area contributed by atoms with Crippen molar-refractivity contribution in [2.45, 2.75) is 39.8 Å². The van der Waals surface area contributed by atoms with E-state index in [-0.39, 0.29) is 12.2 Å². The normalized spacial score (nSPS) is 13.7. The standard InChI is InChI=1S/C22H28N2O5S/c1-6-29-22(26)18-14-10-11-24(13(2)3)12-17(14)30-21(18)23-20(25)19-15(27-4)8-7-9-16(19)28-5/h7-9,13H,6,10-12H2,1-5H3,(H,23,25). The number of hydrogen-bond acceptors (Lipinski definition) is 7. The van der Waals surface area contributed by atoms with Crippen molar-refractivity contribution >= 4 is 28.2 Å². The van der Waals surface area contributed by atoms with Crippen LogP contribution in [0.5, 0.6) is 11.5 Å². The fourth-order valence-corrected chi connectivity index (χ4v) is 4.87. The van der Waals surface area contributed by atoms with Crippen molar-refractivity contribution in [1.82, 2.24) is 4.90 Å². The fraction of sp³-hybridized carbons (Fsp3) is 0.455. The van der Waals surface area contributed by atoms with E-state index in [4.69, 9.17) is 14.2 Å². The number of nitrogens with one attached hydrogen (secondary N) is 1. The Morgan fingerprint density at radius 2 is 1.83 bits per heavy atom. The van der Waals surface area contributed by atoms with Gasteiger partial charge in [-0.25, -0.2) is 4.79 Å². The van der Waals surface area contributed by atoms with Gasteiger partial charge in [0.1, 0.15) is 22.1 Å². The fourth-order valence-electron chi connectivity index (χ4n) is 3.61. The molecule has 1 aromatic carbocycles. The largest absolute Gasteiger partial charge is 0.496 e. The molecule has 1 aliphatic rings. The van der Waals surface area contributed by atoms with Crippen LogP contribution in [-0.4, -0.2) is 50.2 Å². The molecular formula is C22H28N2O5S. The van der Waals surface area contributed by atoms with Gasteiger partial charge < -0.3 is 19.5 Å². The van der Waals surface area contributed by atoms with Crippen LogP contribution in [0.2, 0.25) is 0 Å². The highest BCUT2D eigenvalue weighted by Crippen LogP contribution is 2.39. The Morgan fingerprint density at radius 1 is 1.17 bits per heavy atom. The lowest BCUT2D eigenvalue weighted by Gasteiger charge is -2.30. The van der Waals surface area contributed by atoms with Gasteiger partial charge in [-0.2, -0.15) is 0 Å². The van der Waals surface area contributed by atoms with Crippen LogP contribution in [0.3, 0.4) is 0 Å². The second-order valence-electron chi connectivity index (χ2n) is 7.23. The third kappa shape index (κ3) is 4.29. The molecule has 7 nitrogen and oxygen atoms in total. The predicted octanol–water partition coefficient (Wildman–Crippen LogP) is 3.96. The van der Waals surface area contributed by atoms with E-state index in [0.717, 1.165) is 30.0 Å². The van der Waals surface area contributed by atoms with Gasteiger partial charge in [-0.3, -0.25) is 9.69 Å². The number of methoxy groups -OCH3 is 2. The van der Waals surface area contributed by atoms with E-state index in [1.165, 1.54) is 25.6 Å². The minimum absolute atomic E-state index is 0.273. The number of carbonyl (C=O) groups excluding carboxylic acids is 2. The first-order valence-corrected chi connectivity index (χ1v) is 10.8. The molecule has 0 unspecified atom stereocenters. The highest BCUT2D eigenvalue weighted by atomic mass is 32.1. The van der Waals surface area contributed by atoms with Crippen molar-refractivity contribution < 1.29 is 23.8 Å². The molecule has 1 amide bonds. The molecule has 8 heteroatoms. The molecule has 0 atom stereocenters. The Kier molecular flexibility index (Phi) is 6.99. The van der Waals surface area contributed by atoms with E-state index in [1.807, 2.05) is 0 Å². The molecule has 0 bridgehead atoms. The summed E-state index contributed by atoms with van der Waals surface area (Å²) in [6, 6.07) is 5.55. The van der Waals surface area contributed by atoms with Gasteiger partial charge in [0.15, 0.2) is 0 Å². The summed E-state index contributed by atoms with van der Waals surface area (Å²) in [4.78, 5) is 29.3. The topological polar surface area (TPSA) is 77.1 Å². The number of anilines is 1. The van der Waals surface area contributed by atoms with Crippen molar-refractivity contribution in [3.63, 3.8) is 0 Å². The molecule has 0 radical (unpaired) electrons. The summed E-state index contributed by atoms with van der Waals surface area (Å²) in [7, 11) is 3.00. The number of esters is 1. The monoisotopic (exact) mass is 432 g/mol. The molecule has 2 aromatic rings. The molecule has 1 aliphatic heterocycles. The van der Waals surface area contributed by atoms with Crippen LogP contribution in [0, 0.1) is 0 Å². The minimum atomic E-state index is -0.407. The summed E-state index contributed by atoms with van der Waals surface area (Å²) in [5.74, 6) is -0.00174. The van der Waals surface area contributed by atoms with Crippen LogP contribution in [-0.2, 0) is 17.7 Å². The Labute approximate surface area is 180 Å². The van der Waals surface area contributed by atoms with Crippen LogP contribution in [0.1, 0.15) is 51.9 Å². The summed E-state index contributed by atoms with van der Waals surface area (Å²) >= 11 is 1.43. The van der Waals surface area contributed by atoms with Gasteiger partial charge in [-0.1, -0.05) is 6.07 Å². The number of ether oxygens (including phenoxy) is 3. The first-order chi connectivity index (χ1) is 14.4. The zero-order valence-electron chi connectivity index (χ0n) is 18.0. The Hall–Kier alpha value is -2.58. The molecule has 30 heavy (non-hydrogen) atoms. The zero-order chi connectivity index (χ0) is 21.8. The van der Waals surface area contributed by atoms with Crippen molar-refractivity contribution in [1.29, 1.82) is 0 Å². The highest BCUT2D eigenvalue weighted by molar-refractivity contribution is 7.17. The maximum atomic E-state index is 13.2. The average molecular weight is 433 g/mol. The molecule has 0 spiro atoms. The van der Waals surface area contributed by atoms with Crippen molar-refractivity contribution in [2.24, 2.45) is 0 Å². The molecule has 0 fully saturated rings. The van der Waals surface area contributed by atoms with E-state index in [2.05, 4.69) is 24.1 Å². The average Bonchev–Trinajstić information content (AvgIpc) is 3.09. The molecule has 0 aliphatic carbocycles. The van der Waals surface area contributed by atoms with Crippen LogP contribution in [0.4, 0.5) is 5.00 Å². The van der Waals surface area contributed by atoms with Gasteiger partial charge in [0.25, 0.3) is 5.91 Å². The number of carbonyl (C=O) groups is 2. The van der Waals surface area contributed by atoms with Crippen molar-refractivity contribution in [2.75, 3.05) is 32.7 Å². The van der Waals surface area contributed by atoms with E-state index in [9.17, 15) is 9.59 Å². The molecule has 2 heterocycles. The third-order valence-electron chi connectivity index (χ3n) is 5.18. The number of thiophene rings is 1. The SMILES string of the molecule is CCOC(=O)c1c(NC(=O)c2c(OC)cccc2OC)sc2c1CCN(C(C)C)C2. The van der Waals surface area contributed by atoms with Gasteiger partial charge in [-0.05, 0) is 44.9 Å². The number of rotatable bonds is 7. The molecule has 0 saturated carbocycles. The number of fused-ring (bicyclic) bond motifs is 1. The van der Waals surface area contributed by atoms with Crippen LogP contribution in [0.25, 0.3) is 0 Å². The van der Waals surface area contributed by atoms with Crippen LogP contribution in [0.15, 0.2) is 18.2 Å². The van der Waals surface area contributed by atoms with Gasteiger partial charge in [0, 0.05) is 24.0 Å². The first-order valence-electron chi connectivity index (χ1n) is 9.99. The molecule has 0 saturated heterocycles. The lowest BCUT2D eigenvalue weighted by molar-refractivity contribution is 0.0526. The first kappa shape index (κ1) is 22.1. The van der Waals surface area contributed by atoms with Gasteiger partial charge in [-0.15, -0.1) is 11.3 Å². The second-order valence-corrected chi connectivity index (χ2v) is 8.34. The summed E-state index contributed by atoms with van der Waals surface area (Å²) in [6.07, 6.45) is 0.742. The highest BCUT2D eigenvalue weighted by Gasteiger charge is 2.31. The summed E-state index contributed by atoms with van der Waals surface area (Å²) in [5.41, 5.74) is 1.72. The van der Waals surface area contributed by atoms with Gasteiger partial charge >= 0.3 is 5.97 Å². The summed E-state index contributed by atoms with van der Waals surface area (Å²) in [5, 5.41) is 3.42. The molecule has 3 rings (SSSR count). The van der Waals surface area contributed by atoms with E-state index in [1.54, 1.807) is 25.1 Å². The number of nitrogens with zero attached hydrogens (tertiary/aromatic N) is 1. The summed E-state index contributed by atoms with van der Waals surface area (Å²) < 4.78 is 16.0. The minimum Gasteiger partial charge on any atom is -0.496 e. The van der Waals surface area contributed by atoms with Crippen molar-refractivity contribution in [3.8, 4) is 11.5 Å². The molecule has 162 valence electrons. The molecule has 1 aromatic heterocycles. The Morgan fingerprint density at radius 3 is 2.40 bits per heavy atom. The van der Waals surface area contributed by atoms with E-state index >= 15 is 0 Å². The number of hydrogen-bond donors (Lipinski definition) is 1. The Bertz CT molecular complexity index is 916. The smallest absolute Gasteiger partial charge is 0.341 e. The lowest BCUT2D eigenvalue weighted by atomic mass is 10.0. The predicted molar refractivity (Wildman–Crippen MR) is 117 cm³/mol. The summed E-state index contributed by atoms with van der Waals surface area (Å²) in [6.45, 7) is 7.97. The zero-order valence-corrected chi connectivity index (χ0v) is 18.9. The quantitative estimate of drug-likeness (QED) is 0.668.